The second-order valence-corrected chi connectivity index (χ2v) is 5.26. The molecule has 1 aliphatic carbocycles. The molecule has 19 heavy (non-hydrogen) atoms. The first-order valence-corrected chi connectivity index (χ1v) is 6.43. The molecule has 1 fully saturated rings. The van der Waals surface area contributed by atoms with Gasteiger partial charge in [-0.3, -0.25) is 0 Å². The van der Waals surface area contributed by atoms with E-state index in [1.165, 1.54) is 6.20 Å². The molecular formula is C14H17N3O2. The van der Waals surface area contributed by atoms with E-state index in [9.17, 15) is 9.90 Å². The van der Waals surface area contributed by atoms with E-state index >= 15 is 0 Å². The number of hydrogen-bond donors (Lipinski definition) is 2. The van der Waals surface area contributed by atoms with E-state index < -0.39 is 11.5 Å². The van der Waals surface area contributed by atoms with Gasteiger partial charge in [-0.25, -0.2) is 9.78 Å². The maximum atomic E-state index is 11.6. The summed E-state index contributed by atoms with van der Waals surface area (Å²) in [6.45, 7) is 2.07. The first-order chi connectivity index (χ1) is 9.05. The highest BCUT2D eigenvalue weighted by atomic mass is 16.4. The number of aromatic nitrogens is 1. The molecule has 2 unspecified atom stereocenters. The molecule has 2 rings (SSSR count). The molecule has 0 amide bonds. The number of hydrogen-bond acceptors (Lipinski definition) is 4. The summed E-state index contributed by atoms with van der Waals surface area (Å²) in [5, 5.41) is 21.3. The smallest absolute Gasteiger partial charge is 0.329 e. The summed E-state index contributed by atoms with van der Waals surface area (Å²) in [6.07, 6.45) is 4.62. The molecule has 1 saturated carbocycles. The van der Waals surface area contributed by atoms with Crippen molar-refractivity contribution in [1.29, 1.82) is 5.26 Å². The highest BCUT2D eigenvalue weighted by Gasteiger charge is 2.42. The third kappa shape index (κ3) is 2.84. The molecule has 100 valence electrons. The number of nitrogens with zero attached hydrogens (tertiary/aromatic N) is 2. The van der Waals surface area contributed by atoms with Crippen LogP contribution in [0.15, 0.2) is 18.3 Å². The Bertz CT molecular complexity index is 506. The van der Waals surface area contributed by atoms with Crippen LogP contribution in [0.4, 0.5) is 5.82 Å². The van der Waals surface area contributed by atoms with Crippen LogP contribution in [0.1, 0.15) is 38.2 Å². The van der Waals surface area contributed by atoms with Crippen molar-refractivity contribution in [3.8, 4) is 6.07 Å². The van der Waals surface area contributed by atoms with Crippen molar-refractivity contribution in [3.63, 3.8) is 0 Å². The van der Waals surface area contributed by atoms with Crippen molar-refractivity contribution in [2.24, 2.45) is 5.92 Å². The number of anilines is 1. The minimum Gasteiger partial charge on any atom is -0.480 e. The molecule has 1 heterocycles. The van der Waals surface area contributed by atoms with Crippen LogP contribution in [-0.4, -0.2) is 21.6 Å². The van der Waals surface area contributed by atoms with Crippen LogP contribution < -0.4 is 5.32 Å². The molecule has 1 aromatic rings. The maximum Gasteiger partial charge on any atom is 0.329 e. The Morgan fingerprint density at radius 3 is 2.95 bits per heavy atom. The largest absolute Gasteiger partial charge is 0.480 e. The highest BCUT2D eigenvalue weighted by molar-refractivity contribution is 5.82. The third-order valence-electron chi connectivity index (χ3n) is 3.67. The molecule has 2 N–H and O–H groups in total. The van der Waals surface area contributed by atoms with E-state index in [1.54, 1.807) is 12.1 Å². The summed E-state index contributed by atoms with van der Waals surface area (Å²) in [6, 6.07) is 5.28. The van der Waals surface area contributed by atoms with Crippen molar-refractivity contribution in [1.82, 2.24) is 4.98 Å². The van der Waals surface area contributed by atoms with Crippen LogP contribution in [0, 0.1) is 17.2 Å². The lowest BCUT2D eigenvalue weighted by molar-refractivity contribution is -0.144. The molecular weight excluding hydrogens is 242 g/mol. The lowest BCUT2D eigenvalue weighted by Gasteiger charge is -2.37. The molecule has 0 aromatic carbocycles. The van der Waals surface area contributed by atoms with Crippen molar-refractivity contribution in [3.05, 3.63) is 23.9 Å². The molecule has 0 bridgehead atoms. The Morgan fingerprint density at radius 1 is 1.63 bits per heavy atom. The van der Waals surface area contributed by atoms with Crippen LogP contribution >= 0.6 is 0 Å². The third-order valence-corrected chi connectivity index (χ3v) is 3.67. The molecule has 0 aliphatic heterocycles. The average molecular weight is 259 g/mol. The van der Waals surface area contributed by atoms with Crippen LogP contribution in [0.3, 0.4) is 0 Å². The first-order valence-electron chi connectivity index (χ1n) is 6.43. The number of aliphatic carboxylic acids is 1. The molecule has 5 heteroatoms. The predicted octanol–water partition coefficient (Wildman–Crippen LogP) is 2.40. The van der Waals surface area contributed by atoms with Gasteiger partial charge in [0.15, 0.2) is 0 Å². The van der Waals surface area contributed by atoms with Crippen molar-refractivity contribution >= 4 is 11.8 Å². The van der Waals surface area contributed by atoms with Gasteiger partial charge in [0, 0.05) is 6.20 Å². The van der Waals surface area contributed by atoms with Gasteiger partial charge in [0.25, 0.3) is 0 Å². The monoisotopic (exact) mass is 259 g/mol. The Hall–Kier alpha value is -2.09. The van der Waals surface area contributed by atoms with E-state index in [0.29, 0.717) is 30.1 Å². The number of carboxylic acids is 1. The van der Waals surface area contributed by atoms with E-state index in [-0.39, 0.29) is 0 Å². The van der Waals surface area contributed by atoms with Gasteiger partial charge < -0.3 is 10.4 Å². The van der Waals surface area contributed by atoms with Crippen LogP contribution in [0.5, 0.6) is 0 Å². The summed E-state index contributed by atoms with van der Waals surface area (Å²) < 4.78 is 0. The van der Waals surface area contributed by atoms with Crippen LogP contribution in [-0.2, 0) is 4.79 Å². The molecule has 0 spiro atoms. The van der Waals surface area contributed by atoms with Crippen LogP contribution in [0.2, 0.25) is 0 Å². The van der Waals surface area contributed by atoms with Gasteiger partial charge in [-0.1, -0.05) is 19.8 Å². The van der Waals surface area contributed by atoms with Gasteiger partial charge in [-0.05, 0) is 30.9 Å². The molecule has 2 atom stereocenters. The van der Waals surface area contributed by atoms with E-state index in [4.69, 9.17) is 5.26 Å². The fraction of sp³-hybridized carbons (Fsp3) is 0.500. The Balaban J connectivity index is 2.21. The topological polar surface area (TPSA) is 86.0 Å². The number of pyridine rings is 1. The molecule has 0 saturated heterocycles. The second-order valence-electron chi connectivity index (χ2n) is 5.26. The molecule has 1 aliphatic rings. The van der Waals surface area contributed by atoms with E-state index in [1.807, 2.05) is 6.07 Å². The quantitative estimate of drug-likeness (QED) is 0.870. The summed E-state index contributed by atoms with van der Waals surface area (Å²) in [4.78, 5) is 15.7. The van der Waals surface area contributed by atoms with Gasteiger partial charge in [0.2, 0.25) is 0 Å². The van der Waals surface area contributed by atoms with Crippen molar-refractivity contribution in [2.75, 3.05) is 5.32 Å². The standard InChI is InChI=1S/C14H17N3O2/c1-10-3-2-6-14(7-10,13(18)19)17-12-5-4-11(8-15)9-16-12/h4-5,9-10H,2-3,6-7H2,1H3,(H,16,17)(H,18,19). The van der Waals surface area contributed by atoms with Gasteiger partial charge in [0.05, 0.1) is 5.56 Å². The molecule has 0 radical (unpaired) electrons. The maximum absolute atomic E-state index is 11.6. The van der Waals surface area contributed by atoms with E-state index in [2.05, 4.69) is 17.2 Å². The number of carboxylic acid groups (broad SMARTS) is 1. The Labute approximate surface area is 112 Å². The summed E-state index contributed by atoms with van der Waals surface area (Å²) in [5.41, 5.74) is -0.467. The summed E-state index contributed by atoms with van der Waals surface area (Å²) in [7, 11) is 0. The fourth-order valence-corrected chi connectivity index (χ4v) is 2.69. The zero-order valence-electron chi connectivity index (χ0n) is 10.9. The fourth-order valence-electron chi connectivity index (χ4n) is 2.69. The first kappa shape index (κ1) is 13.3. The predicted molar refractivity (Wildman–Crippen MR) is 70.6 cm³/mol. The highest BCUT2D eigenvalue weighted by Crippen LogP contribution is 2.34. The van der Waals surface area contributed by atoms with Gasteiger partial charge in [-0.15, -0.1) is 0 Å². The molecule has 5 nitrogen and oxygen atoms in total. The van der Waals surface area contributed by atoms with Crippen molar-refractivity contribution in [2.45, 2.75) is 38.1 Å². The minimum absolute atomic E-state index is 0.385. The number of nitrogens with one attached hydrogen (secondary N) is 1. The molecule has 1 aromatic heterocycles. The second kappa shape index (κ2) is 5.27. The van der Waals surface area contributed by atoms with Crippen LogP contribution in [0.25, 0.3) is 0 Å². The SMILES string of the molecule is CC1CCCC(Nc2ccc(C#N)cn2)(C(=O)O)C1. The summed E-state index contributed by atoms with van der Waals surface area (Å²) in [5.74, 6) is 0.0661. The number of carbonyl (C=O) groups is 1. The van der Waals surface area contributed by atoms with Gasteiger partial charge >= 0.3 is 5.97 Å². The minimum atomic E-state index is -0.932. The zero-order valence-corrected chi connectivity index (χ0v) is 10.9. The lowest BCUT2D eigenvalue weighted by Crippen LogP contribution is -2.49. The van der Waals surface area contributed by atoms with E-state index in [0.717, 1.165) is 12.8 Å². The number of nitriles is 1. The Kier molecular flexibility index (Phi) is 3.70. The summed E-state index contributed by atoms with van der Waals surface area (Å²) >= 11 is 0. The van der Waals surface area contributed by atoms with Crippen molar-refractivity contribution < 1.29 is 9.90 Å². The lowest BCUT2D eigenvalue weighted by atomic mass is 9.76. The average Bonchev–Trinajstić information content (AvgIpc) is 2.39. The Morgan fingerprint density at radius 2 is 2.42 bits per heavy atom. The zero-order chi connectivity index (χ0) is 13.9. The normalized spacial score (nSPS) is 26.4. The van der Waals surface area contributed by atoms with Gasteiger partial charge in [0.1, 0.15) is 17.4 Å². The van der Waals surface area contributed by atoms with Gasteiger partial charge in [-0.2, -0.15) is 5.26 Å². The number of rotatable bonds is 3.